The Morgan fingerprint density at radius 1 is 1.12 bits per heavy atom. The van der Waals surface area contributed by atoms with E-state index in [9.17, 15) is 0 Å². The van der Waals surface area contributed by atoms with Gasteiger partial charge in [0.1, 0.15) is 5.82 Å². The van der Waals surface area contributed by atoms with Gasteiger partial charge in [-0.3, -0.25) is 5.10 Å². The summed E-state index contributed by atoms with van der Waals surface area (Å²) in [5.74, 6) is 3.56. The fourth-order valence-corrected chi connectivity index (χ4v) is 3.23. The topological polar surface area (TPSA) is 60.0 Å². The van der Waals surface area contributed by atoms with Gasteiger partial charge < -0.3 is 9.47 Å². The van der Waals surface area contributed by atoms with Crippen LogP contribution in [0.1, 0.15) is 28.7 Å². The molecule has 128 valence electrons. The molecule has 0 saturated carbocycles. The van der Waals surface area contributed by atoms with Crippen LogP contribution < -0.4 is 9.47 Å². The Morgan fingerprint density at radius 2 is 2.00 bits per heavy atom. The summed E-state index contributed by atoms with van der Waals surface area (Å²) in [6, 6.07) is 16.4. The second-order valence-electron chi connectivity index (χ2n) is 6.29. The van der Waals surface area contributed by atoms with Crippen molar-refractivity contribution < 1.29 is 9.47 Å². The van der Waals surface area contributed by atoms with Gasteiger partial charge in [-0.1, -0.05) is 42.5 Å². The number of hydrogen-bond donors (Lipinski definition) is 1. The lowest BCUT2D eigenvalue weighted by atomic mass is 9.96. The second kappa shape index (κ2) is 6.97. The van der Waals surface area contributed by atoms with Gasteiger partial charge in [0.2, 0.25) is 0 Å². The first-order valence-corrected chi connectivity index (χ1v) is 8.57. The summed E-state index contributed by atoms with van der Waals surface area (Å²) in [7, 11) is 1.67. The molecule has 0 bridgehead atoms. The highest BCUT2D eigenvalue weighted by Crippen LogP contribution is 2.38. The van der Waals surface area contributed by atoms with Gasteiger partial charge in [0, 0.05) is 6.42 Å². The Hall–Kier alpha value is -2.82. The summed E-state index contributed by atoms with van der Waals surface area (Å²) in [5, 5.41) is 7.50. The van der Waals surface area contributed by atoms with E-state index in [4.69, 9.17) is 9.47 Å². The maximum Gasteiger partial charge on any atom is 0.164 e. The first kappa shape index (κ1) is 15.7. The quantitative estimate of drug-likeness (QED) is 0.777. The number of aryl methyl sites for hydroxylation is 2. The number of aromatic amines is 1. The van der Waals surface area contributed by atoms with E-state index in [0.29, 0.717) is 6.61 Å². The molecule has 0 fully saturated rings. The summed E-state index contributed by atoms with van der Waals surface area (Å²) >= 11 is 0. The number of hydrogen-bond acceptors (Lipinski definition) is 4. The third-order valence-corrected chi connectivity index (χ3v) is 4.58. The predicted octanol–water partition coefficient (Wildman–Crippen LogP) is 3.32. The van der Waals surface area contributed by atoms with Crippen molar-refractivity contribution >= 4 is 0 Å². The van der Waals surface area contributed by atoms with Crippen molar-refractivity contribution in [2.75, 3.05) is 13.7 Å². The van der Waals surface area contributed by atoms with Crippen LogP contribution in [-0.4, -0.2) is 28.9 Å². The lowest BCUT2D eigenvalue weighted by Crippen LogP contribution is -2.20. The van der Waals surface area contributed by atoms with E-state index in [2.05, 4.69) is 45.5 Å². The monoisotopic (exact) mass is 335 g/mol. The first-order chi connectivity index (χ1) is 12.3. The van der Waals surface area contributed by atoms with Crippen molar-refractivity contribution in [3.8, 4) is 11.5 Å². The number of rotatable bonds is 5. The minimum Gasteiger partial charge on any atom is -0.493 e. The smallest absolute Gasteiger partial charge is 0.164 e. The van der Waals surface area contributed by atoms with Gasteiger partial charge in [0.25, 0.3) is 0 Å². The average molecular weight is 335 g/mol. The number of ether oxygens (including phenoxy) is 2. The molecule has 1 aliphatic rings. The predicted molar refractivity (Wildman–Crippen MR) is 95.2 cm³/mol. The van der Waals surface area contributed by atoms with Crippen LogP contribution >= 0.6 is 0 Å². The zero-order valence-electron chi connectivity index (χ0n) is 14.2. The molecular formula is C20H21N3O2. The largest absolute Gasteiger partial charge is 0.493 e. The van der Waals surface area contributed by atoms with Crippen LogP contribution in [0, 0.1) is 0 Å². The summed E-state index contributed by atoms with van der Waals surface area (Å²) in [4.78, 5) is 4.69. The SMILES string of the molecule is COc1cccc2c1OCC(c1n[nH]c(CCc3ccccc3)n1)C2. The number of H-pyrrole nitrogens is 1. The van der Waals surface area contributed by atoms with Crippen LogP contribution in [0.5, 0.6) is 11.5 Å². The minimum absolute atomic E-state index is 0.168. The summed E-state index contributed by atoms with van der Waals surface area (Å²) < 4.78 is 11.3. The molecule has 0 spiro atoms. The number of nitrogens with zero attached hydrogens (tertiary/aromatic N) is 2. The zero-order chi connectivity index (χ0) is 17.1. The van der Waals surface area contributed by atoms with Gasteiger partial charge >= 0.3 is 0 Å². The van der Waals surface area contributed by atoms with Crippen molar-refractivity contribution in [3.63, 3.8) is 0 Å². The van der Waals surface area contributed by atoms with Gasteiger partial charge in [0.05, 0.1) is 19.6 Å². The molecule has 3 aromatic rings. The average Bonchev–Trinajstić information content (AvgIpc) is 3.15. The first-order valence-electron chi connectivity index (χ1n) is 8.57. The maximum atomic E-state index is 5.93. The molecule has 0 amide bonds. The lowest BCUT2D eigenvalue weighted by Gasteiger charge is -2.24. The number of benzene rings is 2. The fourth-order valence-electron chi connectivity index (χ4n) is 3.23. The number of nitrogens with one attached hydrogen (secondary N) is 1. The Kier molecular flexibility index (Phi) is 4.37. The van der Waals surface area contributed by atoms with E-state index >= 15 is 0 Å². The normalized spacial score (nSPS) is 16.1. The molecule has 0 aliphatic carbocycles. The molecule has 1 aromatic heterocycles. The van der Waals surface area contributed by atoms with Crippen LogP contribution in [0.4, 0.5) is 0 Å². The van der Waals surface area contributed by atoms with Crippen LogP contribution in [0.2, 0.25) is 0 Å². The van der Waals surface area contributed by atoms with Crippen LogP contribution in [-0.2, 0) is 19.3 Å². The highest BCUT2D eigenvalue weighted by Gasteiger charge is 2.26. The molecule has 1 unspecified atom stereocenters. The number of methoxy groups -OCH3 is 1. The third kappa shape index (κ3) is 3.36. The van der Waals surface area contributed by atoms with E-state index in [0.717, 1.165) is 48.0 Å². The van der Waals surface area contributed by atoms with Crippen molar-refractivity contribution in [2.45, 2.75) is 25.2 Å². The Balaban J connectivity index is 1.44. The highest BCUT2D eigenvalue weighted by molar-refractivity contribution is 5.48. The third-order valence-electron chi connectivity index (χ3n) is 4.58. The second-order valence-corrected chi connectivity index (χ2v) is 6.29. The van der Waals surface area contributed by atoms with Crippen LogP contribution in [0.15, 0.2) is 48.5 Å². The van der Waals surface area contributed by atoms with Crippen LogP contribution in [0.25, 0.3) is 0 Å². The molecule has 2 aromatic carbocycles. The van der Waals surface area contributed by atoms with Gasteiger partial charge in [-0.15, -0.1) is 0 Å². The summed E-state index contributed by atoms with van der Waals surface area (Å²) in [6.45, 7) is 0.573. The molecule has 2 heterocycles. The number of para-hydroxylation sites is 1. The van der Waals surface area contributed by atoms with Gasteiger partial charge in [-0.2, -0.15) is 5.10 Å². The molecule has 5 heteroatoms. The van der Waals surface area contributed by atoms with Gasteiger partial charge in [-0.05, 0) is 30.0 Å². The van der Waals surface area contributed by atoms with E-state index in [1.165, 1.54) is 5.56 Å². The summed E-state index contributed by atoms with van der Waals surface area (Å²) in [6.07, 6.45) is 2.67. The molecule has 1 aliphatic heterocycles. The zero-order valence-corrected chi connectivity index (χ0v) is 14.2. The van der Waals surface area contributed by atoms with E-state index in [-0.39, 0.29) is 5.92 Å². The number of fused-ring (bicyclic) bond motifs is 1. The van der Waals surface area contributed by atoms with Crippen LogP contribution in [0.3, 0.4) is 0 Å². The van der Waals surface area contributed by atoms with E-state index < -0.39 is 0 Å². The maximum absolute atomic E-state index is 5.93. The Bertz CT molecular complexity index is 845. The van der Waals surface area contributed by atoms with Gasteiger partial charge in [-0.25, -0.2) is 4.98 Å². The molecule has 0 radical (unpaired) electrons. The Morgan fingerprint density at radius 3 is 2.84 bits per heavy atom. The van der Waals surface area contributed by atoms with Crippen molar-refractivity contribution in [1.82, 2.24) is 15.2 Å². The molecule has 25 heavy (non-hydrogen) atoms. The lowest BCUT2D eigenvalue weighted by molar-refractivity contribution is 0.243. The standard InChI is InChI=1S/C20H21N3O2/c1-24-17-9-5-8-15-12-16(13-25-19(15)17)20-21-18(22-23-20)11-10-14-6-3-2-4-7-14/h2-9,16H,10-13H2,1H3,(H,21,22,23). The molecule has 0 saturated heterocycles. The molecule has 5 nitrogen and oxygen atoms in total. The van der Waals surface area contributed by atoms with Crippen molar-refractivity contribution in [2.24, 2.45) is 0 Å². The minimum atomic E-state index is 0.168. The molecular weight excluding hydrogens is 314 g/mol. The number of aromatic nitrogens is 3. The van der Waals surface area contributed by atoms with Gasteiger partial charge in [0.15, 0.2) is 17.3 Å². The van der Waals surface area contributed by atoms with E-state index in [1.807, 2.05) is 18.2 Å². The Labute approximate surface area is 147 Å². The molecule has 4 rings (SSSR count). The highest BCUT2D eigenvalue weighted by atomic mass is 16.5. The molecule has 1 atom stereocenters. The fraction of sp³-hybridized carbons (Fsp3) is 0.300. The molecule has 1 N–H and O–H groups in total. The van der Waals surface area contributed by atoms with E-state index in [1.54, 1.807) is 7.11 Å². The summed E-state index contributed by atoms with van der Waals surface area (Å²) in [5.41, 5.74) is 2.45. The van der Waals surface area contributed by atoms with Crippen molar-refractivity contribution in [1.29, 1.82) is 0 Å². The van der Waals surface area contributed by atoms with Crippen molar-refractivity contribution in [3.05, 3.63) is 71.3 Å².